The second-order valence-electron chi connectivity index (χ2n) is 4.44. The molecule has 98 valence electrons. The van der Waals surface area contributed by atoms with E-state index >= 15 is 0 Å². The maximum atomic E-state index is 5.84. The first-order chi connectivity index (χ1) is 8.95. The van der Waals surface area contributed by atoms with Crippen LogP contribution in [0.5, 0.6) is 0 Å². The highest BCUT2D eigenvalue weighted by Crippen LogP contribution is 2.36. The average Bonchev–Trinajstić information content (AvgIpc) is 2.54. The fourth-order valence-electron chi connectivity index (χ4n) is 2.04. The Balaban J connectivity index is 2.33. The minimum atomic E-state index is -1.54. The zero-order chi connectivity index (χ0) is 13.6. The number of halogens is 3. The summed E-state index contributed by atoms with van der Waals surface area (Å²) in [5.74, 6) is 0.860. The minimum Gasteiger partial charge on any atom is -0.284 e. The van der Waals surface area contributed by atoms with Gasteiger partial charge in [0.2, 0.25) is 9.57 Å². The van der Waals surface area contributed by atoms with Crippen molar-refractivity contribution in [3.05, 3.63) is 40.8 Å². The highest BCUT2D eigenvalue weighted by Gasteiger charge is 2.25. The Morgan fingerprint density at radius 3 is 2.79 bits per heavy atom. The summed E-state index contributed by atoms with van der Waals surface area (Å²) in [6, 6.07) is 1.69. The molecular formula is C13H10Cl3N3. The van der Waals surface area contributed by atoms with Crippen molar-refractivity contribution >= 4 is 52.7 Å². The van der Waals surface area contributed by atoms with Crippen LogP contribution in [0.2, 0.25) is 0 Å². The van der Waals surface area contributed by atoms with Gasteiger partial charge in [-0.25, -0.2) is 9.97 Å². The molecule has 0 bridgehead atoms. The average molecular weight is 315 g/mol. The third-order valence-corrected chi connectivity index (χ3v) is 3.52. The van der Waals surface area contributed by atoms with E-state index in [4.69, 9.17) is 34.8 Å². The van der Waals surface area contributed by atoms with E-state index in [1.807, 2.05) is 22.7 Å². The molecule has 0 radical (unpaired) electrons. The molecule has 1 unspecified atom stereocenters. The monoisotopic (exact) mass is 313 g/mol. The molecule has 0 fully saturated rings. The second-order valence-corrected chi connectivity index (χ2v) is 6.72. The summed E-state index contributed by atoms with van der Waals surface area (Å²) in [6.07, 6.45) is 10.0. The summed E-state index contributed by atoms with van der Waals surface area (Å²) >= 11 is 17.5. The van der Waals surface area contributed by atoms with Crippen LogP contribution in [0.1, 0.15) is 12.6 Å². The van der Waals surface area contributed by atoms with Gasteiger partial charge in [-0.05, 0) is 24.1 Å². The molecular weight excluding hydrogens is 305 g/mol. The lowest BCUT2D eigenvalue weighted by Crippen LogP contribution is -2.26. The van der Waals surface area contributed by atoms with Crippen molar-refractivity contribution in [1.29, 1.82) is 0 Å². The van der Waals surface area contributed by atoms with E-state index in [0.717, 1.165) is 10.7 Å². The Morgan fingerprint density at radius 2 is 2.05 bits per heavy atom. The second kappa shape index (κ2) is 4.51. The van der Waals surface area contributed by atoms with E-state index in [0.29, 0.717) is 17.4 Å². The van der Waals surface area contributed by atoms with Crippen LogP contribution in [0.25, 0.3) is 17.9 Å². The number of hydrogen-bond donors (Lipinski definition) is 0. The molecule has 2 aromatic rings. The first-order valence-electron chi connectivity index (χ1n) is 5.78. The van der Waals surface area contributed by atoms with Crippen molar-refractivity contribution in [3.8, 4) is 0 Å². The van der Waals surface area contributed by atoms with Gasteiger partial charge in [-0.1, -0.05) is 53.9 Å². The minimum absolute atomic E-state index is 0.329. The molecule has 0 N–H and O–H groups in total. The van der Waals surface area contributed by atoms with E-state index in [1.165, 1.54) is 0 Å². The standard InChI is InChI=1S/C13H10Cl3N3/c1-8-3-2-4-10-9(7-8)17-12-18-11(13(14,15)16)5-6-19(10)12/h2-8H,1H3. The van der Waals surface area contributed by atoms with Gasteiger partial charge in [-0.2, -0.15) is 0 Å². The lowest BCUT2D eigenvalue weighted by molar-refractivity contribution is 0.992. The first kappa shape index (κ1) is 13.0. The zero-order valence-electron chi connectivity index (χ0n) is 10.0. The smallest absolute Gasteiger partial charge is 0.235 e. The molecule has 1 atom stereocenters. The van der Waals surface area contributed by atoms with E-state index in [9.17, 15) is 0 Å². The van der Waals surface area contributed by atoms with Crippen molar-refractivity contribution in [2.45, 2.75) is 10.7 Å². The van der Waals surface area contributed by atoms with Crippen molar-refractivity contribution in [2.24, 2.45) is 5.92 Å². The van der Waals surface area contributed by atoms with Crippen LogP contribution in [-0.4, -0.2) is 14.4 Å². The molecule has 19 heavy (non-hydrogen) atoms. The zero-order valence-corrected chi connectivity index (χ0v) is 12.3. The van der Waals surface area contributed by atoms with Gasteiger partial charge >= 0.3 is 0 Å². The fourth-order valence-corrected chi connectivity index (χ4v) is 2.35. The van der Waals surface area contributed by atoms with Crippen LogP contribution >= 0.6 is 34.8 Å². The van der Waals surface area contributed by atoms with E-state index in [2.05, 4.69) is 29.0 Å². The molecule has 3 nitrogen and oxygen atoms in total. The number of alkyl halides is 3. The number of rotatable bonds is 0. The molecule has 1 aliphatic carbocycles. The molecule has 0 spiro atoms. The number of hydrogen-bond acceptors (Lipinski definition) is 2. The van der Waals surface area contributed by atoms with E-state index in [1.54, 1.807) is 6.07 Å². The Hall–Kier alpha value is -1.03. The normalized spacial score (nSPS) is 18.6. The van der Waals surface area contributed by atoms with Gasteiger partial charge < -0.3 is 0 Å². The van der Waals surface area contributed by atoms with Crippen molar-refractivity contribution in [3.63, 3.8) is 0 Å². The quantitative estimate of drug-likeness (QED) is 0.699. The maximum Gasteiger partial charge on any atom is 0.235 e. The third-order valence-electron chi connectivity index (χ3n) is 2.94. The summed E-state index contributed by atoms with van der Waals surface area (Å²) < 4.78 is 0.347. The van der Waals surface area contributed by atoms with Gasteiger partial charge in [-0.15, -0.1) is 0 Å². The molecule has 0 saturated heterocycles. The summed E-state index contributed by atoms with van der Waals surface area (Å²) in [5.41, 5.74) is 0.369. The SMILES string of the molecule is CC1C=CC=c2c(nc3nc(C(Cl)(Cl)Cl)ccn23)=C1. The van der Waals surface area contributed by atoms with Crippen LogP contribution in [0, 0.1) is 5.92 Å². The molecule has 6 heteroatoms. The van der Waals surface area contributed by atoms with Gasteiger partial charge in [0.15, 0.2) is 0 Å². The van der Waals surface area contributed by atoms with Crippen molar-refractivity contribution in [1.82, 2.24) is 14.4 Å². The molecule has 3 rings (SSSR count). The topological polar surface area (TPSA) is 30.2 Å². The highest BCUT2D eigenvalue weighted by atomic mass is 35.6. The summed E-state index contributed by atoms with van der Waals surface area (Å²) in [5, 5.41) is 1.88. The van der Waals surface area contributed by atoms with Gasteiger partial charge in [0.25, 0.3) is 0 Å². The number of imidazole rings is 1. The lowest BCUT2D eigenvalue weighted by atomic mass is 10.2. The maximum absolute atomic E-state index is 5.84. The number of fused-ring (bicyclic) bond motifs is 3. The third kappa shape index (κ3) is 2.38. The summed E-state index contributed by atoms with van der Waals surface area (Å²) in [6.45, 7) is 2.10. The van der Waals surface area contributed by atoms with E-state index in [-0.39, 0.29) is 0 Å². The van der Waals surface area contributed by atoms with Crippen LogP contribution in [-0.2, 0) is 3.79 Å². The Morgan fingerprint density at radius 1 is 1.26 bits per heavy atom. The van der Waals surface area contributed by atoms with Crippen molar-refractivity contribution in [2.75, 3.05) is 0 Å². The van der Waals surface area contributed by atoms with E-state index < -0.39 is 3.79 Å². The Bertz CT molecular complexity index is 784. The van der Waals surface area contributed by atoms with Crippen LogP contribution in [0.4, 0.5) is 0 Å². The molecule has 0 aromatic carbocycles. The molecule has 0 aliphatic heterocycles. The highest BCUT2D eigenvalue weighted by molar-refractivity contribution is 6.66. The van der Waals surface area contributed by atoms with Gasteiger partial charge in [0.1, 0.15) is 0 Å². The largest absolute Gasteiger partial charge is 0.284 e. The number of nitrogens with zero attached hydrogens (tertiary/aromatic N) is 3. The number of aromatic nitrogens is 3. The molecule has 0 saturated carbocycles. The van der Waals surface area contributed by atoms with Crippen LogP contribution in [0.15, 0.2) is 24.4 Å². The first-order valence-corrected chi connectivity index (χ1v) is 6.91. The summed E-state index contributed by atoms with van der Waals surface area (Å²) in [4.78, 5) is 8.79. The predicted molar refractivity (Wildman–Crippen MR) is 78.7 cm³/mol. The summed E-state index contributed by atoms with van der Waals surface area (Å²) in [7, 11) is 0. The number of allylic oxidation sites excluding steroid dienone is 2. The van der Waals surface area contributed by atoms with Crippen LogP contribution < -0.4 is 10.7 Å². The molecule has 0 amide bonds. The lowest BCUT2D eigenvalue weighted by Gasteiger charge is -2.09. The molecule has 1 aliphatic rings. The molecule has 2 heterocycles. The fraction of sp³-hybridized carbons (Fsp3) is 0.231. The van der Waals surface area contributed by atoms with Gasteiger partial charge in [0.05, 0.1) is 16.4 Å². The van der Waals surface area contributed by atoms with Gasteiger partial charge in [-0.3, -0.25) is 4.40 Å². The van der Waals surface area contributed by atoms with Crippen molar-refractivity contribution < 1.29 is 0 Å². The Labute approximate surface area is 124 Å². The predicted octanol–water partition coefficient (Wildman–Crippen LogP) is 2.32. The Kier molecular flexibility index (Phi) is 3.08. The van der Waals surface area contributed by atoms with Gasteiger partial charge in [0, 0.05) is 6.20 Å². The van der Waals surface area contributed by atoms with Crippen LogP contribution in [0.3, 0.4) is 0 Å². The molecule has 2 aromatic heterocycles.